The lowest BCUT2D eigenvalue weighted by Gasteiger charge is -2.11. The van der Waals surface area contributed by atoms with E-state index in [0.717, 1.165) is 29.8 Å². The Morgan fingerprint density at radius 2 is 2.41 bits per heavy atom. The third-order valence-corrected chi connectivity index (χ3v) is 4.26. The predicted molar refractivity (Wildman–Crippen MR) is 71.2 cm³/mol. The maximum Gasteiger partial charge on any atom is 0.213 e. The molecule has 1 aliphatic heterocycles. The smallest absolute Gasteiger partial charge is 0.213 e. The Bertz CT molecular complexity index is 400. The summed E-state index contributed by atoms with van der Waals surface area (Å²) < 4.78 is 5.53. The highest BCUT2D eigenvalue weighted by molar-refractivity contribution is 8.14. The minimum Gasteiger partial charge on any atom is -0.444 e. The number of nitrogens with zero attached hydrogens (tertiary/aromatic N) is 2. The van der Waals surface area contributed by atoms with Crippen LogP contribution in [0.3, 0.4) is 0 Å². The Kier molecular flexibility index (Phi) is 4.10. The van der Waals surface area contributed by atoms with Gasteiger partial charge >= 0.3 is 0 Å². The summed E-state index contributed by atoms with van der Waals surface area (Å²) in [5.74, 6) is 2.33. The summed E-state index contributed by atoms with van der Waals surface area (Å²) in [6, 6.07) is 0. The van der Waals surface area contributed by atoms with Gasteiger partial charge in [-0.1, -0.05) is 32.5 Å². The second-order valence-electron chi connectivity index (χ2n) is 4.47. The van der Waals surface area contributed by atoms with E-state index >= 15 is 0 Å². The van der Waals surface area contributed by atoms with Crippen LogP contribution in [0.25, 0.3) is 0 Å². The molecule has 5 heteroatoms. The third-order valence-electron chi connectivity index (χ3n) is 2.76. The number of oxazole rings is 1. The van der Waals surface area contributed by atoms with E-state index in [1.807, 2.05) is 11.8 Å². The molecule has 1 aromatic rings. The largest absolute Gasteiger partial charge is 0.444 e. The van der Waals surface area contributed by atoms with Crippen molar-refractivity contribution < 1.29 is 4.42 Å². The fourth-order valence-corrected chi connectivity index (χ4v) is 2.59. The number of amidine groups is 1. The van der Waals surface area contributed by atoms with Crippen molar-refractivity contribution in [1.29, 1.82) is 0 Å². The van der Waals surface area contributed by atoms with Crippen LogP contribution in [0.1, 0.15) is 32.4 Å². The molecule has 0 aliphatic carbocycles. The van der Waals surface area contributed by atoms with Crippen LogP contribution in [-0.2, 0) is 13.0 Å². The lowest BCUT2D eigenvalue weighted by molar-refractivity contribution is 0.454. The molecule has 0 fully saturated rings. The molecule has 0 saturated heterocycles. The Labute approximate surface area is 106 Å². The zero-order valence-corrected chi connectivity index (χ0v) is 11.4. The molecule has 0 saturated carbocycles. The first-order chi connectivity index (χ1) is 8.19. The molecule has 0 radical (unpaired) electrons. The van der Waals surface area contributed by atoms with Crippen LogP contribution in [0, 0.1) is 5.92 Å². The molecule has 4 nitrogen and oxygen atoms in total. The molecule has 1 aromatic heterocycles. The summed E-state index contributed by atoms with van der Waals surface area (Å²) in [6.07, 6.45) is 2.68. The zero-order chi connectivity index (χ0) is 12.3. The number of aliphatic imine (C=N–C) groups is 1. The number of aromatic nitrogens is 1. The molecular weight excluding hydrogens is 234 g/mol. The van der Waals surface area contributed by atoms with Crippen LogP contribution in [0.2, 0.25) is 0 Å². The van der Waals surface area contributed by atoms with Gasteiger partial charge in [0, 0.05) is 11.7 Å². The lowest BCUT2D eigenvalue weighted by atomic mass is 10.1. The van der Waals surface area contributed by atoms with Gasteiger partial charge in [-0.25, -0.2) is 4.98 Å². The van der Waals surface area contributed by atoms with Crippen molar-refractivity contribution in [3.8, 4) is 0 Å². The molecule has 1 atom stereocenters. The standard InChI is InChI=1S/C12H19N3OS/c1-4-9-5-13-11(16-9)7-15-12-14-6-10(17-12)8(2)3/h5,8,10H,4,6-7H2,1-3H3,(H,14,15). The van der Waals surface area contributed by atoms with E-state index in [1.54, 1.807) is 6.20 Å². The van der Waals surface area contributed by atoms with E-state index in [2.05, 4.69) is 36.1 Å². The maximum absolute atomic E-state index is 5.53. The minimum absolute atomic E-state index is 0.605. The zero-order valence-electron chi connectivity index (χ0n) is 10.6. The average molecular weight is 253 g/mol. The molecule has 0 amide bonds. The monoisotopic (exact) mass is 253 g/mol. The summed E-state index contributed by atoms with van der Waals surface area (Å²) in [5.41, 5.74) is 0. The van der Waals surface area contributed by atoms with Crippen molar-refractivity contribution in [3.63, 3.8) is 0 Å². The van der Waals surface area contributed by atoms with E-state index in [1.165, 1.54) is 0 Å². The van der Waals surface area contributed by atoms with Gasteiger partial charge in [-0.15, -0.1) is 0 Å². The Hall–Kier alpha value is -0.970. The van der Waals surface area contributed by atoms with Gasteiger partial charge in [0.1, 0.15) is 5.76 Å². The Morgan fingerprint density at radius 1 is 1.59 bits per heavy atom. The molecular formula is C12H19N3OS. The van der Waals surface area contributed by atoms with Crippen LogP contribution in [0.15, 0.2) is 15.6 Å². The average Bonchev–Trinajstić information content (AvgIpc) is 2.95. The molecule has 2 heterocycles. The van der Waals surface area contributed by atoms with Crippen molar-refractivity contribution in [2.24, 2.45) is 10.9 Å². The van der Waals surface area contributed by atoms with Gasteiger partial charge < -0.3 is 9.73 Å². The van der Waals surface area contributed by atoms with E-state index in [4.69, 9.17) is 4.42 Å². The van der Waals surface area contributed by atoms with Crippen molar-refractivity contribution in [3.05, 3.63) is 17.8 Å². The van der Waals surface area contributed by atoms with Gasteiger partial charge in [0.2, 0.25) is 5.89 Å². The Balaban J connectivity index is 1.79. The van der Waals surface area contributed by atoms with E-state index in [0.29, 0.717) is 17.7 Å². The topological polar surface area (TPSA) is 50.4 Å². The quantitative estimate of drug-likeness (QED) is 0.895. The molecule has 2 rings (SSSR count). The first kappa shape index (κ1) is 12.5. The van der Waals surface area contributed by atoms with Gasteiger partial charge in [-0.2, -0.15) is 0 Å². The summed E-state index contributed by atoms with van der Waals surface area (Å²) in [7, 11) is 0. The molecule has 1 N–H and O–H groups in total. The molecule has 0 aromatic carbocycles. The van der Waals surface area contributed by atoms with E-state index < -0.39 is 0 Å². The van der Waals surface area contributed by atoms with Gasteiger partial charge in [-0.05, 0) is 5.92 Å². The normalized spacial score (nSPS) is 19.8. The molecule has 17 heavy (non-hydrogen) atoms. The van der Waals surface area contributed by atoms with E-state index in [9.17, 15) is 0 Å². The highest BCUT2D eigenvalue weighted by atomic mass is 32.2. The first-order valence-corrected chi connectivity index (χ1v) is 6.95. The van der Waals surface area contributed by atoms with Crippen molar-refractivity contribution in [2.75, 3.05) is 6.54 Å². The molecule has 1 unspecified atom stereocenters. The molecule has 0 bridgehead atoms. The van der Waals surface area contributed by atoms with Crippen molar-refractivity contribution >= 4 is 16.9 Å². The fraction of sp³-hybridized carbons (Fsp3) is 0.667. The van der Waals surface area contributed by atoms with Crippen LogP contribution >= 0.6 is 11.8 Å². The van der Waals surface area contributed by atoms with Crippen LogP contribution in [0.4, 0.5) is 0 Å². The molecule has 94 valence electrons. The van der Waals surface area contributed by atoms with Gasteiger partial charge in [0.15, 0.2) is 5.17 Å². The van der Waals surface area contributed by atoms with Crippen LogP contribution in [-0.4, -0.2) is 21.9 Å². The number of thioether (sulfide) groups is 1. The second kappa shape index (κ2) is 5.58. The number of rotatable bonds is 4. The summed E-state index contributed by atoms with van der Waals surface area (Å²) in [6.45, 7) is 8.06. The fourth-order valence-electron chi connectivity index (χ4n) is 1.58. The minimum atomic E-state index is 0.605. The van der Waals surface area contributed by atoms with Gasteiger partial charge in [0.05, 0.1) is 19.3 Å². The highest BCUT2D eigenvalue weighted by Crippen LogP contribution is 2.25. The third kappa shape index (κ3) is 3.25. The van der Waals surface area contributed by atoms with Crippen molar-refractivity contribution in [1.82, 2.24) is 10.3 Å². The molecule has 1 aliphatic rings. The molecule has 0 spiro atoms. The summed E-state index contributed by atoms with van der Waals surface area (Å²) >= 11 is 1.82. The van der Waals surface area contributed by atoms with E-state index in [-0.39, 0.29) is 0 Å². The Morgan fingerprint density at radius 3 is 3.00 bits per heavy atom. The lowest BCUT2D eigenvalue weighted by Crippen LogP contribution is -2.20. The predicted octanol–water partition coefficient (Wildman–Crippen LogP) is 2.45. The van der Waals surface area contributed by atoms with Crippen LogP contribution < -0.4 is 5.32 Å². The van der Waals surface area contributed by atoms with Crippen LogP contribution in [0.5, 0.6) is 0 Å². The number of nitrogens with one attached hydrogen (secondary N) is 1. The SMILES string of the molecule is CCc1cnc(CNC2=NCC(C(C)C)S2)o1. The van der Waals surface area contributed by atoms with Gasteiger partial charge in [0.25, 0.3) is 0 Å². The number of aryl methyl sites for hydroxylation is 1. The summed E-state index contributed by atoms with van der Waals surface area (Å²) in [5, 5.41) is 4.90. The van der Waals surface area contributed by atoms with Crippen molar-refractivity contribution in [2.45, 2.75) is 39.0 Å². The maximum atomic E-state index is 5.53. The number of hydrogen-bond acceptors (Lipinski definition) is 5. The summed E-state index contributed by atoms with van der Waals surface area (Å²) in [4.78, 5) is 8.69. The second-order valence-corrected chi connectivity index (χ2v) is 5.70. The highest BCUT2D eigenvalue weighted by Gasteiger charge is 2.22. The first-order valence-electron chi connectivity index (χ1n) is 6.07. The number of hydrogen-bond donors (Lipinski definition) is 1. The van der Waals surface area contributed by atoms with Gasteiger partial charge in [-0.3, -0.25) is 4.99 Å².